The normalized spacial score (nSPS) is 19.8. The summed E-state index contributed by atoms with van der Waals surface area (Å²) in [7, 11) is 0. The van der Waals surface area contributed by atoms with E-state index in [1.807, 2.05) is 0 Å². The highest BCUT2D eigenvalue weighted by atomic mass is 35.5. The van der Waals surface area contributed by atoms with Gasteiger partial charge in [0.05, 0.1) is 0 Å². The molecular formula is C13H18ClNO. The zero-order chi connectivity index (χ0) is 10.1. The molecule has 0 atom stereocenters. The van der Waals surface area contributed by atoms with Crippen LogP contribution in [0.5, 0.6) is 5.75 Å². The minimum atomic E-state index is 0. The van der Waals surface area contributed by atoms with Crippen LogP contribution in [0.15, 0.2) is 18.2 Å². The van der Waals surface area contributed by atoms with Crippen molar-refractivity contribution in [3.8, 4) is 5.75 Å². The molecule has 1 fully saturated rings. The Morgan fingerprint density at radius 2 is 2.12 bits per heavy atom. The average Bonchev–Trinajstić information content (AvgIpc) is 2.40. The van der Waals surface area contributed by atoms with Crippen molar-refractivity contribution in [3.05, 3.63) is 29.3 Å². The fourth-order valence-electron chi connectivity index (χ4n) is 2.41. The topological polar surface area (TPSA) is 21.3 Å². The molecule has 2 aliphatic rings. The van der Waals surface area contributed by atoms with E-state index in [2.05, 4.69) is 23.5 Å². The zero-order valence-electron chi connectivity index (χ0n) is 9.37. The Balaban J connectivity index is 0.000000963. The van der Waals surface area contributed by atoms with Crippen molar-refractivity contribution in [1.82, 2.24) is 5.32 Å². The molecule has 2 nitrogen and oxygen atoms in total. The van der Waals surface area contributed by atoms with Crippen LogP contribution in [-0.2, 0) is 6.54 Å². The van der Waals surface area contributed by atoms with Crippen LogP contribution >= 0.6 is 12.4 Å². The maximum atomic E-state index is 5.87. The quantitative estimate of drug-likeness (QED) is 0.814. The van der Waals surface area contributed by atoms with Gasteiger partial charge in [-0.2, -0.15) is 0 Å². The summed E-state index contributed by atoms with van der Waals surface area (Å²) in [6.45, 7) is 2.71. The van der Waals surface area contributed by atoms with Crippen LogP contribution in [0, 0.1) is 0 Å². The number of para-hydroxylation sites is 1. The van der Waals surface area contributed by atoms with E-state index in [0.717, 1.165) is 25.6 Å². The Morgan fingerprint density at radius 3 is 2.88 bits per heavy atom. The summed E-state index contributed by atoms with van der Waals surface area (Å²) in [5.74, 6) is 1.94. The lowest BCUT2D eigenvalue weighted by atomic mass is 9.79. The Morgan fingerprint density at radius 1 is 1.25 bits per heavy atom. The lowest BCUT2D eigenvalue weighted by molar-refractivity contribution is 0.312. The van der Waals surface area contributed by atoms with Crippen LogP contribution in [-0.4, -0.2) is 13.2 Å². The molecule has 16 heavy (non-hydrogen) atoms. The molecule has 0 unspecified atom stereocenters. The number of nitrogens with one attached hydrogen (secondary N) is 1. The Bertz CT molecular complexity index is 363. The number of rotatable bonds is 1. The second kappa shape index (κ2) is 5.07. The van der Waals surface area contributed by atoms with E-state index in [0.29, 0.717) is 0 Å². The number of hydrogen-bond donors (Lipinski definition) is 1. The summed E-state index contributed by atoms with van der Waals surface area (Å²) >= 11 is 0. The Kier molecular flexibility index (Phi) is 3.72. The van der Waals surface area contributed by atoms with E-state index >= 15 is 0 Å². The molecule has 1 aromatic rings. The van der Waals surface area contributed by atoms with Crippen LogP contribution < -0.4 is 10.1 Å². The molecule has 0 bridgehead atoms. The van der Waals surface area contributed by atoms with Gasteiger partial charge in [0.25, 0.3) is 0 Å². The fourth-order valence-corrected chi connectivity index (χ4v) is 2.41. The largest absolute Gasteiger partial charge is 0.492 e. The third kappa shape index (κ3) is 2.04. The third-order valence-electron chi connectivity index (χ3n) is 3.51. The van der Waals surface area contributed by atoms with Gasteiger partial charge in [0.15, 0.2) is 0 Å². The van der Waals surface area contributed by atoms with Gasteiger partial charge in [-0.05, 0) is 24.3 Å². The maximum Gasteiger partial charge on any atom is 0.127 e. The molecule has 1 aliphatic carbocycles. The smallest absolute Gasteiger partial charge is 0.127 e. The summed E-state index contributed by atoms with van der Waals surface area (Å²) < 4.78 is 5.87. The van der Waals surface area contributed by atoms with Crippen molar-refractivity contribution in [2.45, 2.75) is 31.7 Å². The van der Waals surface area contributed by atoms with E-state index in [9.17, 15) is 0 Å². The molecular weight excluding hydrogens is 222 g/mol. The van der Waals surface area contributed by atoms with Gasteiger partial charge in [-0.3, -0.25) is 0 Å². The van der Waals surface area contributed by atoms with Gasteiger partial charge >= 0.3 is 0 Å². The number of ether oxygens (including phenoxy) is 1. The zero-order valence-corrected chi connectivity index (χ0v) is 10.2. The molecule has 1 aliphatic heterocycles. The summed E-state index contributed by atoms with van der Waals surface area (Å²) in [4.78, 5) is 0. The van der Waals surface area contributed by atoms with Gasteiger partial charge in [-0.25, -0.2) is 0 Å². The number of benzene rings is 1. The average molecular weight is 240 g/mol. The third-order valence-corrected chi connectivity index (χ3v) is 3.51. The molecule has 3 rings (SSSR count). The molecule has 0 spiro atoms. The highest BCUT2D eigenvalue weighted by molar-refractivity contribution is 5.85. The van der Waals surface area contributed by atoms with E-state index < -0.39 is 0 Å². The van der Waals surface area contributed by atoms with Gasteiger partial charge in [0, 0.05) is 18.7 Å². The van der Waals surface area contributed by atoms with Gasteiger partial charge in [0.1, 0.15) is 12.4 Å². The highest BCUT2D eigenvalue weighted by Crippen LogP contribution is 2.42. The molecule has 0 aromatic heterocycles. The Labute approximate surface area is 103 Å². The molecule has 0 radical (unpaired) electrons. The van der Waals surface area contributed by atoms with Crippen LogP contribution in [0.2, 0.25) is 0 Å². The summed E-state index contributed by atoms with van der Waals surface area (Å²) in [6.07, 6.45) is 4.06. The molecule has 1 N–H and O–H groups in total. The number of halogens is 1. The van der Waals surface area contributed by atoms with Crippen LogP contribution in [0.4, 0.5) is 0 Å². The van der Waals surface area contributed by atoms with Gasteiger partial charge in [-0.15, -0.1) is 12.4 Å². The van der Waals surface area contributed by atoms with Crippen molar-refractivity contribution >= 4 is 12.4 Å². The van der Waals surface area contributed by atoms with Crippen molar-refractivity contribution in [3.63, 3.8) is 0 Å². The first-order chi connectivity index (χ1) is 7.45. The summed E-state index contributed by atoms with van der Waals surface area (Å²) in [6, 6.07) is 6.59. The highest BCUT2D eigenvalue weighted by Gasteiger charge is 2.24. The van der Waals surface area contributed by atoms with E-state index in [1.165, 1.54) is 36.1 Å². The summed E-state index contributed by atoms with van der Waals surface area (Å²) in [5.41, 5.74) is 2.78. The molecule has 3 heteroatoms. The van der Waals surface area contributed by atoms with E-state index in [4.69, 9.17) is 4.74 Å². The number of hydrogen-bond acceptors (Lipinski definition) is 2. The fraction of sp³-hybridized carbons (Fsp3) is 0.538. The molecule has 0 saturated heterocycles. The molecule has 1 aromatic carbocycles. The van der Waals surface area contributed by atoms with Gasteiger partial charge < -0.3 is 10.1 Å². The molecule has 1 saturated carbocycles. The molecule has 0 amide bonds. The second-order valence-electron chi connectivity index (χ2n) is 4.49. The summed E-state index contributed by atoms with van der Waals surface area (Å²) in [5, 5.41) is 3.38. The molecule has 1 heterocycles. The van der Waals surface area contributed by atoms with E-state index in [1.54, 1.807) is 0 Å². The number of fused-ring (bicyclic) bond motifs is 1. The van der Waals surface area contributed by atoms with Crippen LogP contribution in [0.1, 0.15) is 36.3 Å². The lowest BCUT2D eigenvalue weighted by Crippen LogP contribution is -2.16. The van der Waals surface area contributed by atoms with Crippen LogP contribution in [0.3, 0.4) is 0 Å². The van der Waals surface area contributed by atoms with Crippen molar-refractivity contribution in [2.24, 2.45) is 0 Å². The van der Waals surface area contributed by atoms with Crippen molar-refractivity contribution < 1.29 is 4.74 Å². The minimum Gasteiger partial charge on any atom is -0.492 e. The van der Waals surface area contributed by atoms with Crippen LogP contribution in [0.25, 0.3) is 0 Å². The predicted octanol–water partition coefficient (Wildman–Crippen LogP) is 2.86. The monoisotopic (exact) mass is 239 g/mol. The lowest BCUT2D eigenvalue weighted by Gasteiger charge is -2.28. The second-order valence-corrected chi connectivity index (χ2v) is 4.49. The SMILES string of the molecule is Cl.c1cc2c(c(C3CCC3)c1)OCCNC2. The first-order valence-electron chi connectivity index (χ1n) is 5.90. The maximum absolute atomic E-state index is 5.87. The van der Waals surface area contributed by atoms with Crippen molar-refractivity contribution in [2.75, 3.05) is 13.2 Å². The first-order valence-corrected chi connectivity index (χ1v) is 5.90. The van der Waals surface area contributed by atoms with Gasteiger partial charge in [-0.1, -0.05) is 24.6 Å². The van der Waals surface area contributed by atoms with E-state index in [-0.39, 0.29) is 12.4 Å². The van der Waals surface area contributed by atoms with Gasteiger partial charge in [0.2, 0.25) is 0 Å². The Hall–Kier alpha value is -0.730. The molecule has 88 valence electrons. The first kappa shape index (κ1) is 11.7. The predicted molar refractivity (Wildman–Crippen MR) is 67.5 cm³/mol. The standard InChI is InChI=1S/C13H17NO.ClH/c1-3-10(4-1)12-6-2-5-11-9-14-7-8-15-13(11)12;/h2,5-6,10,14H,1,3-4,7-9H2;1H. The minimum absolute atomic E-state index is 0. The van der Waals surface area contributed by atoms with Crippen molar-refractivity contribution in [1.29, 1.82) is 0 Å².